The van der Waals surface area contributed by atoms with Crippen molar-refractivity contribution >= 4 is 27.7 Å². The second kappa shape index (κ2) is 15.1. The van der Waals surface area contributed by atoms with Gasteiger partial charge in [0, 0.05) is 55.5 Å². The summed E-state index contributed by atoms with van der Waals surface area (Å²) in [6.07, 6.45) is 7.17. The molecular formula is C49H52F2N10O5. The molecule has 0 bridgehead atoms. The molecule has 0 spiro atoms. The average Bonchev–Trinajstić information content (AvgIpc) is 3.90. The van der Waals surface area contributed by atoms with Crippen molar-refractivity contribution in [3.63, 3.8) is 0 Å². The summed E-state index contributed by atoms with van der Waals surface area (Å²) in [4.78, 5) is 47.2. The van der Waals surface area contributed by atoms with Gasteiger partial charge in [-0.3, -0.25) is 28.1 Å². The van der Waals surface area contributed by atoms with Crippen LogP contribution in [0.2, 0.25) is 0 Å². The number of imidazole rings is 1. The molecule has 1 amide bonds. The number of aromatic nitrogens is 9. The molecule has 1 saturated heterocycles. The van der Waals surface area contributed by atoms with Crippen LogP contribution in [0.25, 0.3) is 39.0 Å². The standard InChI is InChI=1S/C48H48F2N10O5.CH4/c1-25-18-32(19-26(2)40(25)49)60-42(58-16-15-57(46(58)63)37-11-10-36-33(41(37)50)24-51-55(36)7)39-28(4)56(14-12-34(39)53-60)43(61)38-21-31-20-29(30-13-17-64-47(5,6)23-30)8-9-35(31)59(38)48(22-27(48)3)44-52-45(62)65-54-44;/h8-11,15-16,18-21,24,27-28,30H,12-14,17,22-23H2,1-7H3,(H,52,54,62);1H4/t27-,28-,30-,48-;/m0./s1. The lowest BCUT2D eigenvalue weighted by atomic mass is 9.83. The summed E-state index contributed by atoms with van der Waals surface area (Å²) in [5.74, 6) is -0.925. The van der Waals surface area contributed by atoms with Crippen LogP contribution in [0.15, 0.2) is 81.2 Å². The zero-order chi connectivity index (χ0) is 45.4. The zero-order valence-corrected chi connectivity index (χ0v) is 37.1. The molecular weight excluding hydrogens is 847 g/mol. The van der Waals surface area contributed by atoms with Crippen LogP contribution in [-0.2, 0) is 23.7 Å². The Hall–Kier alpha value is -6.88. The highest BCUT2D eigenvalue weighted by molar-refractivity contribution is 6.00. The summed E-state index contributed by atoms with van der Waals surface area (Å²) in [5.41, 5.74) is 3.92. The minimum atomic E-state index is -0.857. The maximum Gasteiger partial charge on any atom is 0.438 e. The first-order chi connectivity index (χ1) is 31.1. The summed E-state index contributed by atoms with van der Waals surface area (Å²) in [6, 6.07) is 14.3. The number of fused-ring (bicyclic) bond motifs is 3. The van der Waals surface area contributed by atoms with Crippen LogP contribution in [0, 0.1) is 31.4 Å². The van der Waals surface area contributed by atoms with E-state index in [0.717, 1.165) is 29.3 Å². The van der Waals surface area contributed by atoms with Crippen molar-refractivity contribution in [1.82, 2.24) is 48.3 Å². The van der Waals surface area contributed by atoms with Gasteiger partial charge in [-0.25, -0.2) is 23.1 Å². The fourth-order valence-corrected chi connectivity index (χ4v) is 10.8. The van der Waals surface area contributed by atoms with Crippen molar-refractivity contribution in [2.45, 2.75) is 97.8 Å². The Morgan fingerprint density at radius 2 is 1.67 bits per heavy atom. The van der Waals surface area contributed by atoms with E-state index in [2.05, 4.69) is 54.2 Å². The predicted octanol–water partition coefficient (Wildman–Crippen LogP) is 8.08. The van der Waals surface area contributed by atoms with Crippen molar-refractivity contribution in [3.8, 4) is 17.2 Å². The molecule has 1 saturated carbocycles. The quantitative estimate of drug-likeness (QED) is 0.168. The Bertz CT molecular complexity index is 3380. The van der Waals surface area contributed by atoms with Gasteiger partial charge in [0.1, 0.15) is 22.9 Å². The van der Waals surface area contributed by atoms with Crippen molar-refractivity contribution in [2.24, 2.45) is 13.0 Å². The predicted molar refractivity (Wildman–Crippen MR) is 244 cm³/mol. The molecule has 2 fully saturated rings. The lowest BCUT2D eigenvalue weighted by molar-refractivity contribution is -0.0592. The van der Waals surface area contributed by atoms with Crippen LogP contribution in [0.3, 0.4) is 0 Å². The van der Waals surface area contributed by atoms with Crippen molar-refractivity contribution < 1.29 is 22.8 Å². The van der Waals surface area contributed by atoms with Gasteiger partial charge in [-0.1, -0.05) is 25.6 Å². The molecule has 66 heavy (non-hydrogen) atoms. The fourth-order valence-electron chi connectivity index (χ4n) is 10.8. The first kappa shape index (κ1) is 43.0. The molecule has 3 aromatic carbocycles. The number of nitrogens with zero attached hydrogens (tertiary/aromatic N) is 9. The minimum Gasteiger partial charge on any atom is -0.376 e. The molecule has 1 aliphatic carbocycles. The largest absolute Gasteiger partial charge is 0.438 e. The van der Waals surface area contributed by atoms with E-state index in [1.165, 1.54) is 21.5 Å². The van der Waals surface area contributed by atoms with Crippen molar-refractivity contribution in [3.05, 3.63) is 139 Å². The Labute approximate surface area is 378 Å². The molecule has 8 aromatic rings. The Balaban J connectivity index is 0.00000511. The van der Waals surface area contributed by atoms with Gasteiger partial charge in [0.25, 0.3) is 5.91 Å². The van der Waals surface area contributed by atoms with Gasteiger partial charge in [0.2, 0.25) is 0 Å². The number of halogens is 2. The SMILES string of the molecule is C.Cc1cc(-n2nc3c(c2-n2ccn(-c4ccc5c(cnn5C)c4F)c2=O)[C@H](C)N(C(=O)c2cc4cc([C@H]5CCOC(C)(C)C5)ccc4n2[C@@]2(c4noc(=O)[nH]4)C[C@@H]2C)CC3)cc(C)c1F. The number of rotatable bonds is 7. The normalized spacial score (nSPS) is 21.3. The number of carbonyl (C=O) groups excluding carboxylic acids is 1. The molecule has 2 aliphatic heterocycles. The Morgan fingerprint density at radius 1 is 0.939 bits per heavy atom. The summed E-state index contributed by atoms with van der Waals surface area (Å²) >= 11 is 0. The lowest BCUT2D eigenvalue weighted by Crippen LogP contribution is -2.41. The molecule has 15 nitrogen and oxygen atoms in total. The molecule has 5 aromatic heterocycles. The second-order valence-corrected chi connectivity index (χ2v) is 18.8. The third kappa shape index (κ3) is 6.36. The molecule has 0 unspecified atom stereocenters. The average molecular weight is 899 g/mol. The topological polar surface area (TPSA) is 156 Å². The highest BCUT2D eigenvalue weighted by atomic mass is 19.1. The van der Waals surface area contributed by atoms with Crippen LogP contribution in [0.5, 0.6) is 0 Å². The molecule has 17 heteroatoms. The summed E-state index contributed by atoms with van der Waals surface area (Å²) in [7, 11) is 1.72. The number of aromatic amines is 1. The Morgan fingerprint density at radius 3 is 2.36 bits per heavy atom. The van der Waals surface area contributed by atoms with E-state index in [9.17, 15) is 9.59 Å². The summed E-state index contributed by atoms with van der Waals surface area (Å²) in [6.45, 7) is 12.5. The van der Waals surface area contributed by atoms with Gasteiger partial charge in [-0.15, -0.1) is 0 Å². The smallest absolute Gasteiger partial charge is 0.376 e. The number of aryl methyl sites for hydroxylation is 3. The number of H-pyrrole nitrogens is 1. The van der Waals surface area contributed by atoms with Crippen LogP contribution < -0.4 is 11.4 Å². The van der Waals surface area contributed by atoms with E-state index in [4.69, 9.17) is 14.4 Å². The van der Waals surface area contributed by atoms with Crippen LogP contribution in [0.4, 0.5) is 8.78 Å². The Kier molecular flexibility index (Phi) is 9.84. The summed E-state index contributed by atoms with van der Waals surface area (Å²) < 4.78 is 50.2. The van der Waals surface area contributed by atoms with E-state index in [1.54, 1.807) is 65.6 Å². The number of hydrogen-bond donors (Lipinski definition) is 1. The van der Waals surface area contributed by atoms with Gasteiger partial charge < -0.3 is 14.2 Å². The maximum atomic E-state index is 16.1. The lowest BCUT2D eigenvalue weighted by Gasteiger charge is -2.35. The van der Waals surface area contributed by atoms with E-state index in [1.807, 2.05) is 17.6 Å². The third-order valence-corrected chi connectivity index (χ3v) is 14.2. The number of amides is 1. The molecule has 11 rings (SSSR count). The maximum absolute atomic E-state index is 16.1. The summed E-state index contributed by atoms with van der Waals surface area (Å²) in [5, 5.41) is 14.6. The number of nitrogens with one attached hydrogen (secondary N) is 1. The highest BCUT2D eigenvalue weighted by Gasteiger charge is 2.59. The molecule has 342 valence electrons. The molecule has 1 N–H and O–H groups in total. The van der Waals surface area contributed by atoms with E-state index in [0.29, 0.717) is 76.9 Å². The molecule has 0 radical (unpaired) electrons. The number of carbonyl (C=O) groups is 1. The minimum absolute atomic E-state index is 0. The van der Waals surface area contributed by atoms with Gasteiger partial charge in [0.15, 0.2) is 11.6 Å². The van der Waals surface area contributed by atoms with E-state index in [-0.39, 0.29) is 47.7 Å². The van der Waals surface area contributed by atoms with Crippen molar-refractivity contribution in [1.29, 1.82) is 0 Å². The van der Waals surface area contributed by atoms with E-state index < -0.39 is 28.8 Å². The second-order valence-electron chi connectivity index (χ2n) is 18.8. The highest BCUT2D eigenvalue weighted by Crippen LogP contribution is 2.56. The number of hydrogen-bond acceptors (Lipinski definition) is 8. The number of ether oxygens (including phenoxy) is 1. The van der Waals surface area contributed by atoms with Gasteiger partial charge in [-0.2, -0.15) is 10.2 Å². The molecule has 4 atom stereocenters. The van der Waals surface area contributed by atoms with Gasteiger partial charge >= 0.3 is 11.4 Å². The zero-order valence-electron chi connectivity index (χ0n) is 37.1. The first-order valence-electron chi connectivity index (χ1n) is 22.0. The van der Waals surface area contributed by atoms with Crippen LogP contribution in [0.1, 0.15) is 111 Å². The van der Waals surface area contributed by atoms with Gasteiger partial charge in [-0.05, 0) is 125 Å². The first-order valence-corrected chi connectivity index (χ1v) is 22.0. The van der Waals surface area contributed by atoms with Crippen LogP contribution in [-0.4, -0.2) is 73.0 Å². The fraction of sp³-hybridized carbons (Fsp3) is 0.388. The molecule has 3 aliphatic rings. The van der Waals surface area contributed by atoms with Crippen LogP contribution >= 0.6 is 0 Å². The molecule has 7 heterocycles. The monoisotopic (exact) mass is 898 g/mol. The number of benzene rings is 3. The third-order valence-electron chi connectivity index (χ3n) is 14.2. The van der Waals surface area contributed by atoms with Gasteiger partial charge in [0.05, 0.1) is 45.8 Å². The van der Waals surface area contributed by atoms with E-state index >= 15 is 13.6 Å². The van der Waals surface area contributed by atoms with Crippen molar-refractivity contribution in [2.75, 3.05) is 13.2 Å².